The van der Waals surface area contributed by atoms with Gasteiger partial charge in [0.25, 0.3) is 0 Å². The van der Waals surface area contributed by atoms with Gasteiger partial charge in [-0.3, -0.25) is 14.4 Å². The van der Waals surface area contributed by atoms with Gasteiger partial charge in [0.15, 0.2) is 0 Å². The zero-order chi connectivity index (χ0) is 32.1. The molecule has 1 fully saturated rings. The van der Waals surface area contributed by atoms with Crippen molar-refractivity contribution in [3.05, 3.63) is 36.5 Å². The summed E-state index contributed by atoms with van der Waals surface area (Å²) in [4.78, 5) is 44.2. The maximum atomic E-state index is 13.9. The van der Waals surface area contributed by atoms with Crippen molar-refractivity contribution >= 4 is 17.7 Å². The standard InChI is InChI=1S/C34H58N4O5/c1-10-24(4)31(37(7)34(41)30(35-6)23(2)3)28(42-8)22-29(39)38-21-15-18-27(38)32(43-9)25(5)33(40)36-20-19-26-16-13-11-12-14-17-26/h11-14,16-17,23-28,30-32,35H,10,15,18-22H2,1-9H3,(H,36,40)/t24-,25?,27-,28+,30-,31-,32+/m0/s1. The summed E-state index contributed by atoms with van der Waals surface area (Å²) in [5, 5.41) is 6.23. The average Bonchev–Trinajstić information content (AvgIpc) is 3.32. The van der Waals surface area contributed by atoms with Crippen molar-refractivity contribution in [2.24, 2.45) is 23.7 Å². The van der Waals surface area contributed by atoms with E-state index in [0.717, 1.165) is 25.7 Å². The van der Waals surface area contributed by atoms with Crippen LogP contribution in [-0.2, 0) is 23.9 Å². The van der Waals surface area contributed by atoms with E-state index >= 15 is 0 Å². The van der Waals surface area contributed by atoms with Gasteiger partial charge in [0.05, 0.1) is 42.7 Å². The molecule has 0 radical (unpaired) electrons. The first-order valence-electron chi connectivity index (χ1n) is 16.1. The largest absolute Gasteiger partial charge is 0.379 e. The number of likely N-dealkylation sites (N-methyl/N-ethyl adjacent to an activating group) is 2. The van der Waals surface area contributed by atoms with E-state index in [1.54, 1.807) is 26.2 Å². The van der Waals surface area contributed by atoms with Crippen molar-refractivity contribution in [3.8, 4) is 0 Å². The van der Waals surface area contributed by atoms with Crippen LogP contribution in [0.15, 0.2) is 36.5 Å². The molecule has 2 aliphatic rings. The van der Waals surface area contributed by atoms with Crippen molar-refractivity contribution in [1.29, 1.82) is 0 Å². The Labute approximate surface area is 260 Å². The summed E-state index contributed by atoms with van der Waals surface area (Å²) in [6.07, 6.45) is 14.9. The summed E-state index contributed by atoms with van der Waals surface area (Å²) in [6.45, 7) is 11.3. The number of hydrogen-bond acceptors (Lipinski definition) is 6. The maximum absolute atomic E-state index is 13.9. The fourth-order valence-electron chi connectivity index (χ4n) is 6.59. The van der Waals surface area contributed by atoms with Gasteiger partial charge in [-0.05, 0) is 44.1 Å². The van der Waals surface area contributed by atoms with Gasteiger partial charge in [-0.1, -0.05) is 77.5 Å². The first-order valence-corrected chi connectivity index (χ1v) is 16.1. The van der Waals surface area contributed by atoms with E-state index in [0.29, 0.717) is 13.1 Å². The highest BCUT2D eigenvalue weighted by molar-refractivity contribution is 5.83. The second kappa shape index (κ2) is 18.3. The Hall–Kier alpha value is -2.49. The van der Waals surface area contributed by atoms with Crippen molar-refractivity contribution in [2.45, 2.75) is 97.1 Å². The molecule has 1 aliphatic heterocycles. The van der Waals surface area contributed by atoms with E-state index in [1.807, 2.05) is 57.0 Å². The first kappa shape index (κ1) is 36.7. The molecule has 244 valence electrons. The summed E-state index contributed by atoms with van der Waals surface area (Å²) < 4.78 is 11.8. The minimum atomic E-state index is -0.466. The van der Waals surface area contributed by atoms with Crippen LogP contribution >= 0.6 is 0 Å². The van der Waals surface area contributed by atoms with E-state index in [2.05, 4.69) is 36.6 Å². The van der Waals surface area contributed by atoms with E-state index in [-0.39, 0.29) is 60.0 Å². The molecule has 1 heterocycles. The van der Waals surface area contributed by atoms with Crippen LogP contribution in [0, 0.1) is 23.7 Å². The van der Waals surface area contributed by atoms with Crippen LogP contribution in [-0.4, -0.2) is 99.3 Å². The lowest BCUT2D eigenvalue weighted by atomic mass is 9.89. The number of allylic oxidation sites excluding steroid dienone is 6. The van der Waals surface area contributed by atoms with Crippen LogP contribution in [0.5, 0.6) is 0 Å². The molecule has 9 nitrogen and oxygen atoms in total. The molecule has 0 aromatic heterocycles. The smallest absolute Gasteiger partial charge is 0.240 e. The van der Waals surface area contributed by atoms with Crippen LogP contribution in [0.4, 0.5) is 0 Å². The van der Waals surface area contributed by atoms with Crippen LogP contribution in [0.25, 0.3) is 0 Å². The SMILES string of the molecule is CC[C@H](C)[C@@H]([C@@H](CC(=O)N1CCC[C@H]1[C@H](OC)C(C)C(=O)NCCC1C=CC=CC=C1)OC)N(C)C(=O)[C@@H](NC)C(C)C. The molecule has 0 aromatic carbocycles. The number of rotatable bonds is 17. The maximum Gasteiger partial charge on any atom is 0.240 e. The van der Waals surface area contributed by atoms with Gasteiger partial charge in [-0.15, -0.1) is 0 Å². The first-order chi connectivity index (χ1) is 20.5. The lowest BCUT2D eigenvalue weighted by Gasteiger charge is -2.40. The Morgan fingerprint density at radius 1 is 1.02 bits per heavy atom. The molecule has 0 spiro atoms. The Morgan fingerprint density at radius 3 is 2.21 bits per heavy atom. The normalized spacial score (nSPS) is 21.3. The van der Waals surface area contributed by atoms with E-state index in [4.69, 9.17) is 9.47 Å². The Balaban J connectivity index is 2.11. The molecule has 0 bridgehead atoms. The van der Waals surface area contributed by atoms with Gasteiger partial charge in [0.2, 0.25) is 17.7 Å². The lowest BCUT2D eigenvalue weighted by Crippen LogP contribution is -2.56. The third-order valence-electron chi connectivity index (χ3n) is 9.33. The molecule has 43 heavy (non-hydrogen) atoms. The van der Waals surface area contributed by atoms with Crippen LogP contribution in [0.3, 0.4) is 0 Å². The van der Waals surface area contributed by atoms with Gasteiger partial charge in [-0.25, -0.2) is 0 Å². The summed E-state index contributed by atoms with van der Waals surface area (Å²) in [6, 6.07) is -0.788. The molecule has 1 unspecified atom stereocenters. The zero-order valence-corrected chi connectivity index (χ0v) is 28.0. The van der Waals surface area contributed by atoms with E-state index < -0.39 is 18.1 Å². The van der Waals surface area contributed by atoms with E-state index in [1.165, 1.54) is 0 Å². The number of methoxy groups -OCH3 is 2. The molecule has 9 heteroatoms. The fourth-order valence-corrected chi connectivity index (χ4v) is 6.59. The minimum absolute atomic E-state index is 0.00149. The van der Waals surface area contributed by atoms with Gasteiger partial charge >= 0.3 is 0 Å². The van der Waals surface area contributed by atoms with Crippen LogP contribution in [0.1, 0.15) is 66.7 Å². The lowest BCUT2D eigenvalue weighted by molar-refractivity contribution is -0.147. The Kier molecular flexibility index (Phi) is 15.7. The molecule has 1 saturated heterocycles. The van der Waals surface area contributed by atoms with Crippen molar-refractivity contribution in [2.75, 3.05) is 41.4 Å². The molecule has 3 amide bonds. The topological polar surface area (TPSA) is 100 Å². The number of carbonyl (C=O) groups is 3. The number of amides is 3. The van der Waals surface area contributed by atoms with Crippen LogP contribution < -0.4 is 10.6 Å². The second-order valence-electron chi connectivity index (χ2n) is 12.5. The van der Waals surface area contributed by atoms with E-state index in [9.17, 15) is 14.4 Å². The quantitative estimate of drug-likeness (QED) is 0.262. The van der Waals surface area contributed by atoms with Crippen molar-refractivity contribution in [1.82, 2.24) is 20.4 Å². The molecular weight excluding hydrogens is 544 g/mol. The summed E-state index contributed by atoms with van der Waals surface area (Å²) in [7, 11) is 6.86. The molecule has 0 aromatic rings. The Bertz CT molecular complexity index is 964. The summed E-state index contributed by atoms with van der Waals surface area (Å²) in [5.74, 6) is 0.00561. The Morgan fingerprint density at radius 2 is 1.67 bits per heavy atom. The minimum Gasteiger partial charge on any atom is -0.379 e. The highest BCUT2D eigenvalue weighted by Gasteiger charge is 2.42. The molecule has 2 rings (SSSR count). The van der Waals surface area contributed by atoms with Crippen LogP contribution in [0.2, 0.25) is 0 Å². The molecule has 0 saturated carbocycles. The predicted molar refractivity (Wildman–Crippen MR) is 172 cm³/mol. The molecular formula is C34H58N4O5. The fraction of sp³-hybridized carbons (Fsp3) is 0.735. The zero-order valence-electron chi connectivity index (χ0n) is 28.0. The third kappa shape index (κ3) is 10.0. The summed E-state index contributed by atoms with van der Waals surface area (Å²) in [5.41, 5.74) is 0. The second-order valence-corrected chi connectivity index (χ2v) is 12.5. The van der Waals surface area contributed by atoms with Gasteiger partial charge in [0.1, 0.15) is 0 Å². The summed E-state index contributed by atoms with van der Waals surface area (Å²) >= 11 is 0. The monoisotopic (exact) mass is 602 g/mol. The number of nitrogens with one attached hydrogen (secondary N) is 2. The number of nitrogens with zero attached hydrogens (tertiary/aromatic N) is 2. The molecule has 2 N–H and O–H groups in total. The number of hydrogen-bond donors (Lipinski definition) is 2. The van der Waals surface area contributed by atoms with Crippen molar-refractivity contribution in [3.63, 3.8) is 0 Å². The van der Waals surface area contributed by atoms with Crippen molar-refractivity contribution < 1.29 is 23.9 Å². The molecule has 7 atom stereocenters. The number of likely N-dealkylation sites (tertiary alicyclic amines) is 1. The average molecular weight is 603 g/mol. The highest BCUT2D eigenvalue weighted by atomic mass is 16.5. The third-order valence-corrected chi connectivity index (χ3v) is 9.33. The number of carbonyl (C=O) groups excluding carboxylic acids is 3. The predicted octanol–water partition coefficient (Wildman–Crippen LogP) is 3.96. The number of ether oxygens (including phenoxy) is 2. The molecule has 1 aliphatic carbocycles. The van der Waals surface area contributed by atoms with Gasteiger partial charge < -0.3 is 29.9 Å². The van der Waals surface area contributed by atoms with Gasteiger partial charge in [0, 0.05) is 34.4 Å². The van der Waals surface area contributed by atoms with Gasteiger partial charge in [-0.2, -0.15) is 0 Å². The highest BCUT2D eigenvalue weighted by Crippen LogP contribution is 2.29.